The van der Waals surface area contributed by atoms with Crippen molar-refractivity contribution in [1.82, 2.24) is 15.5 Å². The number of piperazine rings is 1. The normalized spacial score (nSPS) is 15.3. The molecule has 0 radical (unpaired) electrons. The topological polar surface area (TPSA) is 68.2 Å². The molecule has 2 rings (SSSR count). The first-order chi connectivity index (χ1) is 10.7. The molecule has 5 nitrogen and oxygen atoms in total. The summed E-state index contributed by atoms with van der Waals surface area (Å²) >= 11 is 0. The number of rotatable bonds is 5. The van der Waals surface area contributed by atoms with Crippen molar-refractivity contribution in [1.29, 1.82) is 5.26 Å². The molecule has 1 aliphatic rings. The fourth-order valence-electron chi connectivity index (χ4n) is 2.45. The lowest BCUT2D eigenvalue weighted by atomic mass is 10.1. The number of nitrogens with zero attached hydrogens (tertiary/aromatic N) is 2. The van der Waals surface area contributed by atoms with Gasteiger partial charge in [-0.3, -0.25) is 4.79 Å². The molecule has 0 spiro atoms. The molecule has 1 amide bonds. The number of nitriles is 1. The summed E-state index contributed by atoms with van der Waals surface area (Å²) in [6.07, 6.45) is 2.41. The molecule has 1 fully saturated rings. The van der Waals surface area contributed by atoms with Crippen LogP contribution in [-0.2, 0) is 11.2 Å². The average Bonchev–Trinajstić information content (AvgIpc) is 2.57. The van der Waals surface area contributed by atoms with Crippen LogP contribution in [0.1, 0.15) is 11.1 Å². The van der Waals surface area contributed by atoms with Crippen molar-refractivity contribution >= 4 is 5.91 Å². The molecule has 0 bridgehead atoms. The summed E-state index contributed by atoms with van der Waals surface area (Å²) in [5, 5.41) is 15.4. The lowest BCUT2D eigenvalue weighted by Crippen LogP contribution is -2.46. The van der Waals surface area contributed by atoms with Crippen LogP contribution in [0.15, 0.2) is 36.0 Å². The van der Waals surface area contributed by atoms with Gasteiger partial charge in [0.15, 0.2) is 0 Å². The summed E-state index contributed by atoms with van der Waals surface area (Å²) < 4.78 is 0. The molecule has 1 heterocycles. The van der Waals surface area contributed by atoms with E-state index in [9.17, 15) is 4.79 Å². The lowest BCUT2D eigenvalue weighted by Gasteiger charge is -2.27. The standard InChI is InChI=1S/C17H22N4O/c1-14-4-2-3-5-15(14)6-7-20-13-16(12-18)17(22)21-10-8-19-9-11-21/h2-5,13,19-20H,6-11H2,1H3/b16-13-. The van der Waals surface area contributed by atoms with Crippen molar-refractivity contribution in [3.05, 3.63) is 47.2 Å². The summed E-state index contributed by atoms with van der Waals surface area (Å²) in [5.41, 5.74) is 2.70. The first-order valence-corrected chi connectivity index (χ1v) is 7.60. The van der Waals surface area contributed by atoms with E-state index in [1.165, 1.54) is 11.1 Å². The van der Waals surface area contributed by atoms with Gasteiger partial charge >= 0.3 is 0 Å². The Balaban J connectivity index is 1.86. The highest BCUT2D eigenvalue weighted by Gasteiger charge is 2.19. The Bertz CT molecular complexity index is 583. The minimum absolute atomic E-state index is 0.173. The summed E-state index contributed by atoms with van der Waals surface area (Å²) in [4.78, 5) is 13.9. The summed E-state index contributed by atoms with van der Waals surface area (Å²) in [5.74, 6) is -0.188. The fourth-order valence-corrected chi connectivity index (χ4v) is 2.45. The Morgan fingerprint density at radius 1 is 1.41 bits per heavy atom. The van der Waals surface area contributed by atoms with E-state index in [0.717, 1.165) is 19.5 Å². The molecular weight excluding hydrogens is 276 g/mol. The monoisotopic (exact) mass is 298 g/mol. The fraction of sp³-hybridized carbons (Fsp3) is 0.412. The average molecular weight is 298 g/mol. The predicted octanol–water partition coefficient (Wildman–Crippen LogP) is 0.966. The van der Waals surface area contributed by atoms with E-state index >= 15 is 0 Å². The molecule has 1 saturated heterocycles. The van der Waals surface area contributed by atoms with Gasteiger partial charge in [-0.1, -0.05) is 24.3 Å². The van der Waals surface area contributed by atoms with Crippen LogP contribution in [0.5, 0.6) is 0 Å². The van der Waals surface area contributed by atoms with Crippen LogP contribution in [0.4, 0.5) is 0 Å². The van der Waals surface area contributed by atoms with Gasteiger partial charge in [-0.2, -0.15) is 5.26 Å². The maximum absolute atomic E-state index is 12.2. The van der Waals surface area contributed by atoms with Crippen LogP contribution in [-0.4, -0.2) is 43.5 Å². The van der Waals surface area contributed by atoms with E-state index in [2.05, 4.69) is 29.7 Å². The molecule has 0 atom stereocenters. The van der Waals surface area contributed by atoms with Crippen LogP contribution in [0, 0.1) is 18.3 Å². The van der Waals surface area contributed by atoms with Crippen LogP contribution < -0.4 is 10.6 Å². The van der Waals surface area contributed by atoms with Gasteiger partial charge in [0.1, 0.15) is 11.6 Å². The van der Waals surface area contributed by atoms with Crippen LogP contribution in [0.3, 0.4) is 0 Å². The van der Waals surface area contributed by atoms with E-state index < -0.39 is 0 Å². The zero-order valence-electron chi connectivity index (χ0n) is 12.9. The maximum atomic E-state index is 12.2. The molecule has 22 heavy (non-hydrogen) atoms. The number of aryl methyl sites for hydroxylation is 1. The summed E-state index contributed by atoms with van der Waals surface area (Å²) in [6, 6.07) is 10.2. The van der Waals surface area contributed by atoms with Crippen molar-refractivity contribution in [2.45, 2.75) is 13.3 Å². The van der Waals surface area contributed by atoms with Crippen molar-refractivity contribution in [2.24, 2.45) is 0 Å². The van der Waals surface area contributed by atoms with Gasteiger partial charge < -0.3 is 15.5 Å². The summed E-state index contributed by atoms with van der Waals surface area (Å²) in [6.45, 7) is 5.66. The molecule has 1 aromatic carbocycles. The first kappa shape index (κ1) is 16.1. The van der Waals surface area contributed by atoms with Gasteiger partial charge in [0, 0.05) is 38.9 Å². The Morgan fingerprint density at radius 2 is 2.14 bits per heavy atom. The SMILES string of the molecule is Cc1ccccc1CCN/C=C(/C#N)C(=O)N1CCNCC1. The number of carbonyl (C=O) groups excluding carboxylic acids is 1. The predicted molar refractivity (Wildman–Crippen MR) is 86.0 cm³/mol. The Morgan fingerprint density at radius 3 is 2.82 bits per heavy atom. The smallest absolute Gasteiger partial charge is 0.266 e. The van der Waals surface area contributed by atoms with Gasteiger partial charge in [0.2, 0.25) is 0 Å². The van der Waals surface area contributed by atoms with Crippen LogP contribution >= 0.6 is 0 Å². The Kier molecular flexibility index (Phi) is 5.99. The van der Waals surface area contributed by atoms with Crippen LogP contribution in [0.25, 0.3) is 0 Å². The van der Waals surface area contributed by atoms with Crippen molar-refractivity contribution in [3.8, 4) is 6.07 Å². The van der Waals surface area contributed by atoms with Gasteiger partial charge in [-0.15, -0.1) is 0 Å². The highest BCUT2D eigenvalue weighted by Crippen LogP contribution is 2.07. The van der Waals surface area contributed by atoms with E-state index in [-0.39, 0.29) is 11.5 Å². The van der Waals surface area contributed by atoms with E-state index in [1.807, 2.05) is 18.2 Å². The second-order valence-electron chi connectivity index (χ2n) is 5.34. The van der Waals surface area contributed by atoms with E-state index in [1.54, 1.807) is 11.1 Å². The largest absolute Gasteiger partial charge is 0.389 e. The van der Waals surface area contributed by atoms with Crippen molar-refractivity contribution in [3.63, 3.8) is 0 Å². The summed E-state index contributed by atoms with van der Waals surface area (Å²) in [7, 11) is 0. The third kappa shape index (κ3) is 4.34. The maximum Gasteiger partial charge on any atom is 0.266 e. The third-order valence-electron chi connectivity index (χ3n) is 3.80. The van der Waals surface area contributed by atoms with E-state index in [0.29, 0.717) is 19.6 Å². The van der Waals surface area contributed by atoms with Gasteiger partial charge in [-0.05, 0) is 24.5 Å². The molecule has 0 aliphatic carbocycles. The quantitative estimate of drug-likeness (QED) is 0.483. The van der Waals surface area contributed by atoms with Crippen LogP contribution in [0.2, 0.25) is 0 Å². The molecule has 1 aliphatic heterocycles. The molecule has 1 aromatic rings. The second-order valence-corrected chi connectivity index (χ2v) is 5.34. The molecule has 5 heteroatoms. The number of benzene rings is 1. The van der Waals surface area contributed by atoms with Gasteiger partial charge in [0.05, 0.1) is 0 Å². The number of hydrogen-bond acceptors (Lipinski definition) is 4. The number of nitrogens with one attached hydrogen (secondary N) is 2. The third-order valence-corrected chi connectivity index (χ3v) is 3.80. The minimum Gasteiger partial charge on any atom is -0.389 e. The Hall–Kier alpha value is -2.32. The number of hydrogen-bond donors (Lipinski definition) is 2. The highest BCUT2D eigenvalue weighted by molar-refractivity contribution is 5.97. The highest BCUT2D eigenvalue weighted by atomic mass is 16.2. The first-order valence-electron chi connectivity index (χ1n) is 7.60. The number of carbonyl (C=O) groups is 1. The minimum atomic E-state index is -0.188. The molecule has 0 unspecified atom stereocenters. The Labute approximate surface area is 131 Å². The zero-order valence-corrected chi connectivity index (χ0v) is 12.9. The molecular formula is C17H22N4O. The van der Waals surface area contributed by atoms with Crippen molar-refractivity contribution in [2.75, 3.05) is 32.7 Å². The van der Waals surface area contributed by atoms with Crippen molar-refractivity contribution < 1.29 is 4.79 Å². The van der Waals surface area contributed by atoms with E-state index in [4.69, 9.17) is 5.26 Å². The lowest BCUT2D eigenvalue weighted by molar-refractivity contribution is -0.127. The van der Waals surface area contributed by atoms with Gasteiger partial charge in [0.25, 0.3) is 5.91 Å². The van der Waals surface area contributed by atoms with Gasteiger partial charge in [-0.25, -0.2) is 0 Å². The molecule has 116 valence electrons. The number of amides is 1. The zero-order chi connectivity index (χ0) is 15.8. The molecule has 0 aromatic heterocycles. The molecule has 0 saturated carbocycles. The molecule has 2 N–H and O–H groups in total. The second kappa shape index (κ2) is 8.20.